The number of nitrogens with zero attached hydrogens (tertiary/aromatic N) is 7. The van der Waals surface area contributed by atoms with Gasteiger partial charge in [0.1, 0.15) is 53.9 Å². The minimum absolute atomic E-state index is 0.0169. The van der Waals surface area contributed by atoms with Crippen molar-refractivity contribution in [2.45, 2.75) is 267 Å². The standard InChI is InChI=1S/C67H105ClF3N11O11/c1-10-40(3)55-64(92)76(6)38-54(84)80-34-29-51(80)62(90)78(8)52(37-44-23-21-39(2)22-24-44)63(91)82-33-15-19-49(82)58(86)73-48(28-26-43-25-27-46(47(68)36-43)67(69,70)71)61(89)81-32-16-20-50(81)59(87)75-66(30-13-14-31-66)65(93)79(9)56(45-17-11-12-18-45)60(88)72-41(4)35-53(83)77(7)42(5)57(85)74-55/h39-52,55-56H,10-38H2,1-9H3,(H,72,88)(H,73,86)(H,74,85)(H,75,87)/t39?,40-,41+,42-,43?,44?,46?,47?,48-,49+,50-,51-,52-,55-,56-/m0/s1. The molecule has 8 fully saturated rings. The minimum Gasteiger partial charge on any atom is -0.351 e. The SMILES string of the molecule is CC[C@H](C)[C@@H]1NC(=O)[C@H](C)N(C)C(=O)C[C@@H](C)NC(=O)[C@H](C2CCCC2)N(C)C(=O)C2(CCCC2)NC(=O)[C@@H]2CCCN2C(=O)[C@H](CCC2CCC(C(F)(F)F)C(Cl)C2)NC(=O)[C@H]2CCCN2C(=O)[C@H](CC2CCC(C)CC2)N(C)C(=O)[C@@H]2CCN2C(=O)CN(C)C1=O. The van der Waals surface area contributed by atoms with E-state index in [0.717, 1.165) is 38.5 Å². The van der Waals surface area contributed by atoms with Gasteiger partial charge < -0.3 is 55.6 Å². The Kier molecular flexibility index (Phi) is 24.7. The lowest BCUT2D eigenvalue weighted by Crippen LogP contribution is -2.64. The first-order valence-corrected chi connectivity index (χ1v) is 35.3. The molecule has 4 saturated heterocycles. The second-order valence-corrected chi connectivity index (χ2v) is 29.7. The van der Waals surface area contributed by atoms with Crippen molar-refractivity contribution in [2.24, 2.45) is 35.5 Å². The number of halogens is 4. The number of fused-ring (bicyclic) bond motifs is 3. The first-order valence-electron chi connectivity index (χ1n) is 34.9. The third-order valence-corrected chi connectivity index (χ3v) is 23.2. The van der Waals surface area contributed by atoms with Crippen molar-refractivity contribution in [3.05, 3.63) is 0 Å². The van der Waals surface area contributed by atoms with E-state index in [1.54, 1.807) is 20.9 Å². The molecule has 0 aromatic heterocycles. The summed E-state index contributed by atoms with van der Waals surface area (Å²) in [7, 11) is 5.99. The zero-order valence-corrected chi connectivity index (χ0v) is 57.1. The van der Waals surface area contributed by atoms with Gasteiger partial charge in [-0.15, -0.1) is 11.6 Å². The van der Waals surface area contributed by atoms with Gasteiger partial charge in [-0.1, -0.05) is 78.6 Å². The van der Waals surface area contributed by atoms with Crippen molar-refractivity contribution in [3.63, 3.8) is 0 Å². The molecule has 8 rings (SSSR count). The predicted octanol–water partition coefficient (Wildman–Crippen LogP) is 5.65. The second-order valence-electron chi connectivity index (χ2n) is 29.1. The highest BCUT2D eigenvalue weighted by Crippen LogP contribution is 2.44. The van der Waals surface area contributed by atoms with Crippen molar-refractivity contribution in [1.29, 1.82) is 0 Å². The Balaban J connectivity index is 1.12. The molecule has 0 radical (unpaired) electrons. The molecule has 4 saturated carbocycles. The summed E-state index contributed by atoms with van der Waals surface area (Å²) in [5.41, 5.74) is -1.45. The lowest BCUT2D eigenvalue weighted by molar-refractivity contribution is -0.182. The van der Waals surface area contributed by atoms with Gasteiger partial charge in [0.15, 0.2) is 0 Å². The van der Waals surface area contributed by atoms with Gasteiger partial charge in [-0.2, -0.15) is 13.2 Å². The lowest BCUT2D eigenvalue weighted by Gasteiger charge is -2.44. The number of alkyl halides is 4. The van der Waals surface area contributed by atoms with Gasteiger partial charge >= 0.3 is 6.18 Å². The van der Waals surface area contributed by atoms with Crippen molar-refractivity contribution in [1.82, 2.24) is 55.6 Å². The average molecular weight is 1330 g/mol. The highest BCUT2D eigenvalue weighted by molar-refractivity contribution is 6.20. The first-order chi connectivity index (χ1) is 44.0. The average Bonchev–Trinajstić information content (AvgIpc) is 1.78. The molecular formula is C67H105ClF3N11O11. The molecule has 1 spiro atoms. The van der Waals surface area contributed by atoms with E-state index in [2.05, 4.69) is 28.2 Å². The molecule has 8 aliphatic rings. The maximum Gasteiger partial charge on any atom is 0.393 e. The molecule has 22 nitrogen and oxygen atoms in total. The minimum atomic E-state index is -4.49. The molecule has 0 aromatic carbocycles. The second kappa shape index (κ2) is 31.4. The number of hydrogen-bond acceptors (Lipinski definition) is 11. The highest BCUT2D eigenvalue weighted by atomic mass is 35.5. The van der Waals surface area contributed by atoms with Gasteiger partial charge in [-0.05, 0) is 140 Å². The van der Waals surface area contributed by atoms with Crippen LogP contribution in [0.15, 0.2) is 0 Å². The van der Waals surface area contributed by atoms with Gasteiger partial charge in [0.05, 0.1) is 12.5 Å². The van der Waals surface area contributed by atoms with Crippen LogP contribution in [0.3, 0.4) is 0 Å². The highest BCUT2D eigenvalue weighted by Gasteiger charge is 2.52. The number of amides is 11. The normalized spacial score (nSPS) is 34.2. The van der Waals surface area contributed by atoms with Gasteiger partial charge in [0.25, 0.3) is 0 Å². The van der Waals surface area contributed by atoms with Crippen LogP contribution in [0.1, 0.15) is 195 Å². The van der Waals surface area contributed by atoms with Crippen LogP contribution in [0.2, 0.25) is 0 Å². The summed E-state index contributed by atoms with van der Waals surface area (Å²) in [6.07, 6.45) is 5.86. The van der Waals surface area contributed by atoms with Crippen LogP contribution in [0.5, 0.6) is 0 Å². The van der Waals surface area contributed by atoms with Crippen LogP contribution >= 0.6 is 11.6 Å². The topological polar surface area (TPSA) is 259 Å². The Labute approximate surface area is 552 Å². The van der Waals surface area contributed by atoms with Crippen LogP contribution in [-0.2, 0) is 52.7 Å². The Hall–Kier alpha value is -5.75. The molecule has 0 bridgehead atoms. The van der Waals surface area contributed by atoms with Gasteiger partial charge in [0, 0.05) is 65.7 Å². The summed E-state index contributed by atoms with van der Waals surface area (Å²) in [5.74, 6) is -8.09. The molecule has 3 unspecified atom stereocenters. The first kappa shape index (κ1) is 73.1. The summed E-state index contributed by atoms with van der Waals surface area (Å²) in [5, 5.41) is 10.7. The molecule has 0 aromatic rings. The Bertz CT molecular complexity index is 2740. The molecule has 13 atom stereocenters. The summed E-state index contributed by atoms with van der Waals surface area (Å²) in [6, 6.07) is -9.43. The fourth-order valence-corrected chi connectivity index (χ4v) is 16.8. The molecule has 4 heterocycles. The Morgan fingerprint density at radius 2 is 1.19 bits per heavy atom. The Morgan fingerprint density at radius 3 is 1.78 bits per heavy atom. The fraction of sp³-hybridized carbons (Fsp3) is 0.836. The third kappa shape index (κ3) is 16.9. The number of likely N-dealkylation sites (N-methyl/N-ethyl adjacent to an activating group) is 4. The monoisotopic (exact) mass is 1330 g/mol. The predicted molar refractivity (Wildman–Crippen MR) is 341 cm³/mol. The van der Waals surface area contributed by atoms with Crippen LogP contribution in [-0.4, -0.2) is 225 Å². The lowest BCUT2D eigenvalue weighted by atomic mass is 9.78. The molecule has 26 heteroatoms. The van der Waals surface area contributed by atoms with E-state index in [4.69, 9.17) is 11.6 Å². The quantitative estimate of drug-likeness (QED) is 0.216. The van der Waals surface area contributed by atoms with Crippen LogP contribution in [0.4, 0.5) is 13.2 Å². The van der Waals surface area contributed by atoms with Gasteiger partial charge in [0.2, 0.25) is 65.0 Å². The van der Waals surface area contributed by atoms with Crippen molar-refractivity contribution in [3.8, 4) is 0 Å². The number of rotatable bonds is 8. The van der Waals surface area contributed by atoms with Crippen molar-refractivity contribution in [2.75, 3.05) is 54.4 Å². The van der Waals surface area contributed by atoms with Crippen LogP contribution < -0.4 is 21.3 Å². The van der Waals surface area contributed by atoms with Crippen molar-refractivity contribution < 1.29 is 65.9 Å². The Morgan fingerprint density at radius 1 is 0.581 bits per heavy atom. The van der Waals surface area contributed by atoms with Crippen LogP contribution in [0, 0.1) is 35.5 Å². The number of hydrogen-bond donors (Lipinski definition) is 4. The summed E-state index contributed by atoms with van der Waals surface area (Å²) in [4.78, 5) is 172. The number of carbonyl (C=O) groups excluding carboxylic acids is 11. The largest absolute Gasteiger partial charge is 0.393 e. The molecule has 522 valence electrons. The number of carbonyl (C=O) groups is 11. The fourth-order valence-electron chi connectivity index (χ4n) is 16.3. The van der Waals surface area contributed by atoms with E-state index in [0.29, 0.717) is 50.9 Å². The van der Waals surface area contributed by atoms with E-state index in [1.165, 1.54) is 62.4 Å². The van der Waals surface area contributed by atoms with Crippen molar-refractivity contribution >= 4 is 76.6 Å². The van der Waals surface area contributed by atoms with E-state index >= 15 is 19.2 Å². The molecule has 93 heavy (non-hydrogen) atoms. The molecule has 4 N–H and O–H groups in total. The maximum absolute atomic E-state index is 15.4. The molecule has 4 aliphatic carbocycles. The molecular weight excluding hydrogens is 1230 g/mol. The zero-order chi connectivity index (χ0) is 68.0. The molecule has 11 amide bonds. The van der Waals surface area contributed by atoms with E-state index in [-0.39, 0.29) is 114 Å². The third-order valence-electron chi connectivity index (χ3n) is 22.7. The number of nitrogens with one attached hydrogen (secondary N) is 4. The smallest absolute Gasteiger partial charge is 0.351 e. The maximum atomic E-state index is 15.4. The molecule has 4 aliphatic heterocycles. The zero-order valence-electron chi connectivity index (χ0n) is 56.4. The summed E-state index contributed by atoms with van der Waals surface area (Å²) >= 11 is 6.43. The van der Waals surface area contributed by atoms with E-state index in [1.807, 2.05) is 6.92 Å². The van der Waals surface area contributed by atoms with E-state index in [9.17, 15) is 46.7 Å². The van der Waals surface area contributed by atoms with Gasteiger partial charge in [-0.25, -0.2) is 0 Å². The van der Waals surface area contributed by atoms with Crippen LogP contribution in [0.25, 0.3) is 0 Å². The summed E-state index contributed by atoms with van der Waals surface area (Å²) < 4.78 is 42.0. The van der Waals surface area contributed by atoms with Gasteiger partial charge in [-0.3, -0.25) is 52.7 Å². The van der Waals surface area contributed by atoms with E-state index < -0.39 is 155 Å². The summed E-state index contributed by atoms with van der Waals surface area (Å²) in [6.45, 7) is 9.03.